The Labute approximate surface area is 152 Å². The number of aromatic nitrogens is 2. The van der Waals surface area contributed by atoms with E-state index >= 15 is 0 Å². The Balaban J connectivity index is 1.76. The molecule has 8 nitrogen and oxygen atoms in total. The quantitative estimate of drug-likeness (QED) is 0.596. The molecule has 3 rings (SSSR count). The fourth-order valence-electron chi connectivity index (χ4n) is 2.91. The molecule has 0 atom stereocenters. The molecule has 0 aromatic carbocycles. The first kappa shape index (κ1) is 18.1. The highest BCUT2D eigenvalue weighted by Gasteiger charge is 2.17. The van der Waals surface area contributed by atoms with Crippen LogP contribution in [0.2, 0.25) is 0 Å². The summed E-state index contributed by atoms with van der Waals surface area (Å²) in [7, 11) is 1.65. The van der Waals surface area contributed by atoms with Gasteiger partial charge in [0, 0.05) is 31.6 Å². The van der Waals surface area contributed by atoms with Crippen molar-refractivity contribution >= 4 is 23.2 Å². The van der Waals surface area contributed by atoms with Crippen molar-refractivity contribution in [1.82, 2.24) is 15.3 Å². The Morgan fingerprint density at radius 2 is 2.04 bits per heavy atom. The van der Waals surface area contributed by atoms with E-state index in [0.29, 0.717) is 35.5 Å². The van der Waals surface area contributed by atoms with Gasteiger partial charge >= 0.3 is 0 Å². The number of methoxy groups -OCH3 is 1. The average molecular weight is 356 g/mol. The normalized spacial score (nSPS) is 14.8. The minimum Gasteiger partial charge on any atom is -0.381 e. The molecule has 0 unspecified atom stereocenters. The van der Waals surface area contributed by atoms with Crippen LogP contribution >= 0.6 is 0 Å². The molecule has 1 saturated heterocycles. The smallest absolute Gasteiger partial charge is 0.252 e. The first-order valence-corrected chi connectivity index (χ1v) is 8.63. The fraction of sp³-hybridized carbons (Fsp3) is 0.389. The minimum absolute atomic E-state index is 0.302. The zero-order chi connectivity index (χ0) is 18.4. The molecular formula is C18H24N6O2. The summed E-state index contributed by atoms with van der Waals surface area (Å²) in [4.78, 5) is 20.3. The third-order valence-corrected chi connectivity index (χ3v) is 4.26. The molecule has 0 bridgehead atoms. The number of rotatable bonds is 7. The number of nitrogens with one attached hydrogen (secondary N) is 3. The van der Waals surface area contributed by atoms with Gasteiger partial charge in [0.25, 0.3) is 5.91 Å². The van der Waals surface area contributed by atoms with Gasteiger partial charge in [0.1, 0.15) is 11.6 Å². The van der Waals surface area contributed by atoms with Crippen LogP contribution in [-0.2, 0) is 11.3 Å². The number of piperidine rings is 1. The number of nitrogens with zero attached hydrogens (tertiary/aromatic N) is 2. The summed E-state index contributed by atoms with van der Waals surface area (Å²) >= 11 is 0. The number of pyridine rings is 2. The Morgan fingerprint density at radius 3 is 2.69 bits per heavy atom. The second kappa shape index (κ2) is 8.59. The highest BCUT2D eigenvalue weighted by molar-refractivity contribution is 5.98. The molecule has 8 heteroatoms. The standard InChI is InChI=1S/C18H24N6O2/c1-26-11-12-2-3-16(21-9-12)24-17-8-15(14(10-22-17)18(19)25)23-13-4-6-20-7-5-13/h2-3,8-10,13,20H,4-7,11H2,1H3,(H2,19,25)(H2,21,22,23,24). The van der Waals surface area contributed by atoms with Crippen molar-refractivity contribution in [3.05, 3.63) is 41.7 Å². The maximum atomic E-state index is 11.7. The van der Waals surface area contributed by atoms with E-state index < -0.39 is 5.91 Å². The summed E-state index contributed by atoms with van der Waals surface area (Å²) in [6.07, 6.45) is 5.22. The molecule has 1 fully saturated rings. The highest BCUT2D eigenvalue weighted by atomic mass is 16.5. The van der Waals surface area contributed by atoms with E-state index in [1.165, 1.54) is 6.20 Å². The van der Waals surface area contributed by atoms with Gasteiger partial charge in [-0.05, 0) is 37.6 Å². The number of ether oxygens (including phenoxy) is 1. The van der Waals surface area contributed by atoms with E-state index in [9.17, 15) is 4.79 Å². The Kier molecular flexibility index (Phi) is 5.98. The van der Waals surface area contributed by atoms with E-state index in [1.54, 1.807) is 19.4 Å². The number of carbonyl (C=O) groups is 1. The lowest BCUT2D eigenvalue weighted by atomic mass is 10.1. The molecule has 0 aliphatic carbocycles. The van der Waals surface area contributed by atoms with Gasteiger partial charge in [0.2, 0.25) is 0 Å². The van der Waals surface area contributed by atoms with E-state index in [0.717, 1.165) is 31.5 Å². The number of nitrogens with two attached hydrogens (primary N) is 1. The Hall–Kier alpha value is -2.71. The second-order valence-corrected chi connectivity index (χ2v) is 6.26. The molecule has 1 aliphatic rings. The molecule has 0 spiro atoms. The van der Waals surface area contributed by atoms with Crippen LogP contribution in [-0.4, -0.2) is 42.1 Å². The van der Waals surface area contributed by atoms with Crippen molar-refractivity contribution < 1.29 is 9.53 Å². The maximum Gasteiger partial charge on any atom is 0.252 e. The monoisotopic (exact) mass is 356 g/mol. The van der Waals surface area contributed by atoms with E-state index in [4.69, 9.17) is 10.5 Å². The number of primary amides is 1. The topological polar surface area (TPSA) is 114 Å². The van der Waals surface area contributed by atoms with Crippen molar-refractivity contribution in [3.8, 4) is 0 Å². The highest BCUT2D eigenvalue weighted by Crippen LogP contribution is 2.23. The Morgan fingerprint density at radius 1 is 1.27 bits per heavy atom. The van der Waals surface area contributed by atoms with Gasteiger partial charge in [-0.25, -0.2) is 9.97 Å². The fourth-order valence-corrected chi connectivity index (χ4v) is 2.91. The van der Waals surface area contributed by atoms with Crippen molar-refractivity contribution in [2.45, 2.75) is 25.5 Å². The minimum atomic E-state index is -0.498. The zero-order valence-corrected chi connectivity index (χ0v) is 14.8. The van der Waals surface area contributed by atoms with Crippen molar-refractivity contribution in [2.24, 2.45) is 5.73 Å². The molecule has 1 amide bonds. The van der Waals surface area contributed by atoms with E-state index in [-0.39, 0.29) is 0 Å². The zero-order valence-electron chi connectivity index (χ0n) is 14.8. The number of hydrogen-bond donors (Lipinski definition) is 4. The van der Waals surface area contributed by atoms with E-state index in [2.05, 4.69) is 25.9 Å². The van der Waals surface area contributed by atoms with Crippen LogP contribution in [0, 0.1) is 0 Å². The van der Waals surface area contributed by atoms with E-state index in [1.807, 2.05) is 12.1 Å². The maximum absolute atomic E-state index is 11.7. The largest absolute Gasteiger partial charge is 0.381 e. The third kappa shape index (κ3) is 4.68. The number of anilines is 3. The second-order valence-electron chi connectivity index (χ2n) is 6.26. The van der Waals surface area contributed by atoms with Crippen molar-refractivity contribution in [1.29, 1.82) is 0 Å². The first-order chi connectivity index (χ1) is 12.7. The van der Waals surface area contributed by atoms with Gasteiger partial charge in [-0.15, -0.1) is 0 Å². The molecular weight excluding hydrogens is 332 g/mol. The van der Waals surface area contributed by atoms with Gasteiger partial charge in [-0.2, -0.15) is 0 Å². The Bertz CT molecular complexity index is 744. The summed E-state index contributed by atoms with van der Waals surface area (Å²) in [6, 6.07) is 5.89. The molecule has 3 heterocycles. The number of carbonyl (C=O) groups excluding carboxylic acids is 1. The predicted molar refractivity (Wildman–Crippen MR) is 101 cm³/mol. The number of hydrogen-bond acceptors (Lipinski definition) is 7. The lowest BCUT2D eigenvalue weighted by molar-refractivity contribution is 0.100. The van der Waals surface area contributed by atoms with Crippen LogP contribution < -0.4 is 21.7 Å². The predicted octanol–water partition coefficient (Wildman–Crippen LogP) is 1.63. The molecule has 26 heavy (non-hydrogen) atoms. The molecule has 2 aromatic rings. The van der Waals surface area contributed by atoms with Crippen LogP contribution in [0.5, 0.6) is 0 Å². The summed E-state index contributed by atoms with van der Waals surface area (Å²) in [5, 5.41) is 9.90. The van der Waals surface area contributed by atoms with Crippen LogP contribution in [0.1, 0.15) is 28.8 Å². The van der Waals surface area contributed by atoms with Crippen LogP contribution in [0.3, 0.4) is 0 Å². The first-order valence-electron chi connectivity index (χ1n) is 8.63. The van der Waals surface area contributed by atoms with Gasteiger partial charge in [-0.3, -0.25) is 4.79 Å². The van der Waals surface area contributed by atoms with Gasteiger partial charge in [0.05, 0.1) is 17.9 Å². The summed E-state index contributed by atoms with van der Waals surface area (Å²) < 4.78 is 5.08. The molecule has 5 N–H and O–H groups in total. The van der Waals surface area contributed by atoms with Crippen molar-refractivity contribution in [3.63, 3.8) is 0 Å². The molecule has 0 radical (unpaired) electrons. The molecule has 2 aromatic heterocycles. The van der Waals surface area contributed by atoms with Crippen LogP contribution in [0.15, 0.2) is 30.6 Å². The molecule has 138 valence electrons. The lowest BCUT2D eigenvalue weighted by Gasteiger charge is -2.25. The SMILES string of the molecule is COCc1ccc(Nc2cc(NC3CCNCC3)c(C(N)=O)cn2)nc1. The summed E-state index contributed by atoms with van der Waals surface area (Å²) in [5.41, 5.74) is 7.56. The average Bonchev–Trinajstić information content (AvgIpc) is 2.64. The van der Waals surface area contributed by atoms with Gasteiger partial charge < -0.3 is 26.4 Å². The van der Waals surface area contributed by atoms with Crippen LogP contribution in [0.4, 0.5) is 17.3 Å². The van der Waals surface area contributed by atoms with Crippen LogP contribution in [0.25, 0.3) is 0 Å². The van der Waals surface area contributed by atoms with Gasteiger partial charge in [0.15, 0.2) is 0 Å². The van der Waals surface area contributed by atoms with Gasteiger partial charge in [-0.1, -0.05) is 6.07 Å². The molecule has 1 aliphatic heterocycles. The van der Waals surface area contributed by atoms with Crippen molar-refractivity contribution in [2.75, 3.05) is 30.8 Å². The lowest BCUT2D eigenvalue weighted by Crippen LogP contribution is -2.35. The summed E-state index contributed by atoms with van der Waals surface area (Å²) in [5.74, 6) is 0.762. The number of amides is 1. The summed E-state index contributed by atoms with van der Waals surface area (Å²) in [6.45, 7) is 2.43. The molecule has 0 saturated carbocycles. The third-order valence-electron chi connectivity index (χ3n) is 4.26.